The summed E-state index contributed by atoms with van der Waals surface area (Å²) < 4.78 is 3.83. The molecule has 0 radical (unpaired) electrons. The van der Waals surface area contributed by atoms with E-state index in [0.717, 1.165) is 10.1 Å². The average Bonchev–Trinajstić information content (AvgIpc) is 2.78. The van der Waals surface area contributed by atoms with E-state index < -0.39 is 0 Å². The third-order valence-electron chi connectivity index (χ3n) is 1.92. The van der Waals surface area contributed by atoms with Gasteiger partial charge in [-0.15, -0.1) is 0 Å². The SMILES string of the molecule is On1c2c(c3ccccc31)[Se]2. The molecular formula is C8H5NOSe. The first kappa shape index (κ1) is 5.69. The Labute approximate surface area is 69.6 Å². The first-order valence-electron chi connectivity index (χ1n) is 3.38. The minimum absolute atomic E-state index is 0.461. The van der Waals surface area contributed by atoms with Crippen LogP contribution in [0.2, 0.25) is 0 Å². The second-order valence-corrected chi connectivity index (χ2v) is 4.66. The van der Waals surface area contributed by atoms with Crippen LogP contribution >= 0.6 is 0 Å². The van der Waals surface area contributed by atoms with E-state index in [0.29, 0.717) is 15.0 Å². The molecule has 3 rings (SSSR count). The summed E-state index contributed by atoms with van der Waals surface area (Å²) in [6, 6.07) is 7.96. The van der Waals surface area contributed by atoms with Crippen molar-refractivity contribution in [2.24, 2.45) is 0 Å². The Bertz CT molecular complexity index is 432. The van der Waals surface area contributed by atoms with Crippen LogP contribution in [0.1, 0.15) is 0 Å². The topological polar surface area (TPSA) is 25.2 Å². The van der Waals surface area contributed by atoms with E-state index in [9.17, 15) is 5.21 Å². The van der Waals surface area contributed by atoms with Crippen LogP contribution in [0.3, 0.4) is 0 Å². The second kappa shape index (κ2) is 1.63. The van der Waals surface area contributed by atoms with Crippen LogP contribution in [0.4, 0.5) is 0 Å². The van der Waals surface area contributed by atoms with Gasteiger partial charge in [0.2, 0.25) is 0 Å². The van der Waals surface area contributed by atoms with Crippen molar-refractivity contribution < 1.29 is 5.21 Å². The Hall–Kier alpha value is -0.921. The molecule has 54 valence electrons. The molecule has 0 saturated heterocycles. The van der Waals surface area contributed by atoms with E-state index in [-0.39, 0.29) is 0 Å². The van der Waals surface area contributed by atoms with Crippen LogP contribution in [-0.4, -0.2) is 24.9 Å². The molecule has 1 aliphatic heterocycles. The predicted octanol–water partition coefficient (Wildman–Crippen LogP) is -0.153. The number of rotatable bonds is 0. The number of nitrogens with zero attached hydrogens (tertiary/aromatic N) is 1. The van der Waals surface area contributed by atoms with Crippen molar-refractivity contribution in [1.29, 1.82) is 0 Å². The average molecular weight is 210 g/mol. The van der Waals surface area contributed by atoms with Gasteiger partial charge in [-0.3, -0.25) is 0 Å². The fourth-order valence-corrected chi connectivity index (χ4v) is 3.03. The Morgan fingerprint density at radius 3 is 2.91 bits per heavy atom. The summed E-state index contributed by atoms with van der Waals surface area (Å²) in [5.41, 5.74) is 0.950. The summed E-state index contributed by atoms with van der Waals surface area (Å²) >= 11 is 0.461. The first-order chi connectivity index (χ1) is 5.38. The first-order valence-corrected chi connectivity index (χ1v) is 5.10. The Morgan fingerprint density at radius 2 is 2.09 bits per heavy atom. The monoisotopic (exact) mass is 211 g/mol. The molecule has 1 N–H and O–H groups in total. The van der Waals surface area contributed by atoms with Crippen LogP contribution < -0.4 is 9.05 Å². The molecule has 1 aromatic heterocycles. The molecule has 1 aromatic carbocycles. The van der Waals surface area contributed by atoms with E-state index in [1.807, 2.05) is 18.2 Å². The fraction of sp³-hybridized carbons (Fsp3) is 0. The summed E-state index contributed by atoms with van der Waals surface area (Å²) in [6.07, 6.45) is 0. The second-order valence-electron chi connectivity index (χ2n) is 2.57. The van der Waals surface area contributed by atoms with E-state index in [4.69, 9.17) is 0 Å². The standard InChI is InChI=1S/C8H5NOSe/c10-9-6-4-2-1-3-5(6)7-8(9)11-7/h1-4,10H. The molecule has 3 heteroatoms. The molecule has 0 fully saturated rings. The van der Waals surface area contributed by atoms with Crippen molar-refractivity contribution in [3.63, 3.8) is 0 Å². The number of fused-ring (bicyclic) bond motifs is 3. The van der Waals surface area contributed by atoms with Gasteiger partial charge in [-0.05, 0) is 0 Å². The number of hydrogen-bond acceptors (Lipinski definition) is 1. The molecule has 2 aromatic rings. The molecule has 0 saturated carbocycles. The van der Waals surface area contributed by atoms with Gasteiger partial charge in [0, 0.05) is 0 Å². The van der Waals surface area contributed by atoms with Gasteiger partial charge in [0.05, 0.1) is 0 Å². The van der Waals surface area contributed by atoms with Gasteiger partial charge in [0.1, 0.15) is 0 Å². The van der Waals surface area contributed by atoms with E-state index in [2.05, 4.69) is 6.07 Å². The molecule has 0 atom stereocenters. The van der Waals surface area contributed by atoms with E-state index >= 15 is 0 Å². The van der Waals surface area contributed by atoms with Gasteiger partial charge in [-0.2, -0.15) is 0 Å². The van der Waals surface area contributed by atoms with Crippen LogP contribution in [0.15, 0.2) is 24.3 Å². The van der Waals surface area contributed by atoms with Crippen molar-refractivity contribution >= 4 is 34.9 Å². The van der Waals surface area contributed by atoms with Gasteiger partial charge < -0.3 is 0 Å². The van der Waals surface area contributed by atoms with Gasteiger partial charge in [0.25, 0.3) is 0 Å². The normalized spacial score (nSPS) is 13.5. The number of para-hydroxylation sites is 1. The number of benzene rings is 1. The zero-order valence-electron chi connectivity index (χ0n) is 5.61. The summed E-state index contributed by atoms with van der Waals surface area (Å²) in [4.78, 5) is 0. The maximum atomic E-state index is 9.48. The van der Waals surface area contributed by atoms with Gasteiger partial charge in [-0.25, -0.2) is 0 Å². The Kier molecular flexibility index (Phi) is 0.843. The van der Waals surface area contributed by atoms with Crippen LogP contribution in [0.5, 0.6) is 0 Å². The van der Waals surface area contributed by atoms with Crippen molar-refractivity contribution in [2.45, 2.75) is 0 Å². The third-order valence-corrected chi connectivity index (χ3v) is 3.98. The molecule has 2 heterocycles. The summed E-state index contributed by atoms with van der Waals surface area (Å²) in [7, 11) is 0. The van der Waals surface area contributed by atoms with Gasteiger partial charge in [-0.1, -0.05) is 0 Å². The van der Waals surface area contributed by atoms with Gasteiger partial charge >= 0.3 is 69.1 Å². The quantitative estimate of drug-likeness (QED) is 0.405. The van der Waals surface area contributed by atoms with Crippen molar-refractivity contribution in [2.75, 3.05) is 0 Å². The van der Waals surface area contributed by atoms with Crippen molar-refractivity contribution in [1.82, 2.24) is 4.73 Å². The summed E-state index contributed by atoms with van der Waals surface area (Å²) in [5.74, 6) is 0. The zero-order chi connectivity index (χ0) is 7.42. The van der Waals surface area contributed by atoms with Crippen LogP contribution in [-0.2, 0) is 0 Å². The Balaban J connectivity index is 2.60. The molecular weight excluding hydrogens is 205 g/mol. The fourth-order valence-electron chi connectivity index (χ4n) is 1.34. The summed E-state index contributed by atoms with van der Waals surface area (Å²) in [5, 5.41) is 10.7. The zero-order valence-corrected chi connectivity index (χ0v) is 7.33. The van der Waals surface area contributed by atoms with E-state index in [1.54, 1.807) is 0 Å². The molecule has 0 bridgehead atoms. The van der Waals surface area contributed by atoms with Crippen LogP contribution in [0.25, 0.3) is 10.9 Å². The maximum absolute atomic E-state index is 9.48. The van der Waals surface area contributed by atoms with Crippen LogP contribution in [0, 0.1) is 0 Å². The predicted molar refractivity (Wildman–Crippen MR) is 44.1 cm³/mol. The molecule has 0 unspecified atom stereocenters. The third kappa shape index (κ3) is 0.577. The van der Waals surface area contributed by atoms with Crippen molar-refractivity contribution in [3.8, 4) is 0 Å². The molecule has 11 heavy (non-hydrogen) atoms. The molecule has 0 amide bonds. The summed E-state index contributed by atoms with van der Waals surface area (Å²) in [6.45, 7) is 0. The van der Waals surface area contributed by atoms with Crippen molar-refractivity contribution in [3.05, 3.63) is 24.3 Å². The van der Waals surface area contributed by atoms with Gasteiger partial charge in [0.15, 0.2) is 0 Å². The molecule has 2 nitrogen and oxygen atoms in total. The molecule has 0 spiro atoms. The molecule has 1 aliphatic rings. The number of hydrogen-bond donors (Lipinski definition) is 1. The molecule has 0 aliphatic carbocycles. The van der Waals surface area contributed by atoms with E-state index in [1.165, 1.54) is 14.6 Å². The number of aromatic nitrogens is 1. The minimum atomic E-state index is 0.461. The Morgan fingerprint density at radius 1 is 1.27 bits per heavy atom.